The smallest absolute Gasteiger partial charge is 0.416 e. The van der Waals surface area contributed by atoms with Crippen molar-refractivity contribution >= 4 is 40.1 Å². The summed E-state index contributed by atoms with van der Waals surface area (Å²) >= 11 is 7.13. The third-order valence-corrected chi connectivity index (χ3v) is 5.66. The summed E-state index contributed by atoms with van der Waals surface area (Å²) in [5, 5.41) is 12.3. The number of benzene rings is 2. The van der Waals surface area contributed by atoms with E-state index in [1.54, 1.807) is 24.3 Å². The van der Waals surface area contributed by atoms with Gasteiger partial charge in [-0.05, 0) is 54.5 Å². The average Bonchev–Trinajstić information content (AvgIpc) is 3.20. The summed E-state index contributed by atoms with van der Waals surface area (Å²) in [6.07, 6.45) is -1.49. The van der Waals surface area contributed by atoms with Crippen molar-refractivity contribution in [2.24, 2.45) is 0 Å². The van der Waals surface area contributed by atoms with E-state index in [1.165, 1.54) is 18.3 Å². The molecular weight excluding hydrogens is 475 g/mol. The third kappa shape index (κ3) is 6.57. The fourth-order valence-electron chi connectivity index (χ4n) is 2.83. The van der Waals surface area contributed by atoms with Crippen LogP contribution < -0.4 is 10.1 Å². The molecule has 1 N–H and O–H groups in total. The maximum absolute atomic E-state index is 13.0. The maximum atomic E-state index is 13.0. The predicted octanol–water partition coefficient (Wildman–Crippen LogP) is 6.35. The molecule has 1 amide bonds. The highest BCUT2D eigenvalue weighted by atomic mass is 35.5. The zero-order valence-electron chi connectivity index (χ0n) is 17.2. The van der Waals surface area contributed by atoms with Crippen LogP contribution in [0.4, 0.5) is 18.3 Å². The van der Waals surface area contributed by atoms with E-state index < -0.39 is 17.6 Å². The van der Waals surface area contributed by atoms with Gasteiger partial charge in [0.2, 0.25) is 0 Å². The van der Waals surface area contributed by atoms with Crippen molar-refractivity contribution in [2.45, 2.75) is 19.5 Å². The molecule has 0 spiro atoms. The second-order valence-corrected chi connectivity index (χ2v) is 8.26. The zero-order valence-corrected chi connectivity index (χ0v) is 18.8. The number of nitrogens with zero attached hydrogens (tertiary/aromatic N) is 2. The molecule has 0 bridgehead atoms. The first kappa shape index (κ1) is 24.3. The van der Waals surface area contributed by atoms with Crippen molar-refractivity contribution in [3.8, 4) is 11.8 Å². The molecule has 0 unspecified atom stereocenters. The Bertz CT molecular complexity index is 1210. The SMILES string of the molecule is CCOc1ccc(C=C(C#N)C(=O)Nc2ncc(Cc3cc(C(F)(F)F)ccc3Cl)s2)cc1. The molecule has 2 aromatic carbocycles. The first-order chi connectivity index (χ1) is 15.7. The van der Waals surface area contributed by atoms with Crippen LogP contribution in [0.3, 0.4) is 0 Å². The summed E-state index contributed by atoms with van der Waals surface area (Å²) in [7, 11) is 0. The van der Waals surface area contributed by atoms with Gasteiger partial charge in [0.05, 0.1) is 12.2 Å². The van der Waals surface area contributed by atoms with E-state index in [4.69, 9.17) is 16.3 Å². The second kappa shape index (κ2) is 10.5. The molecular formula is C23H17ClF3N3O2S. The lowest BCUT2D eigenvalue weighted by molar-refractivity contribution is -0.137. The number of carbonyl (C=O) groups is 1. The Labute approximate surface area is 197 Å². The van der Waals surface area contributed by atoms with Crippen LogP contribution >= 0.6 is 22.9 Å². The molecule has 0 aliphatic rings. The first-order valence-electron chi connectivity index (χ1n) is 9.66. The highest BCUT2D eigenvalue weighted by Crippen LogP contribution is 2.33. The molecule has 3 aromatic rings. The molecule has 0 radical (unpaired) electrons. The summed E-state index contributed by atoms with van der Waals surface area (Å²) in [6, 6.07) is 11.9. The van der Waals surface area contributed by atoms with E-state index in [9.17, 15) is 23.2 Å². The summed E-state index contributed by atoms with van der Waals surface area (Å²) in [5.41, 5.74) is 0.0140. The number of rotatable bonds is 7. The topological polar surface area (TPSA) is 75.0 Å². The van der Waals surface area contributed by atoms with Gasteiger partial charge in [0, 0.05) is 22.5 Å². The number of halogens is 4. The molecule has 5 nitrogen and oxygen atoms in total. The van der Waals surface area contributed by atoms with Crippen LogP contribution in [0.25, 0.3) is 6.08 Å². The van der Waals surface area contributed by atoms with E-state index in [2.05, 4.69) is 10.3 Å². The third-order valence-electron chi connectivity index (χ3n) is 4.38. The fourth-order valence-corrected chi connectivity index (χ4v) is 3.84. The highest BCUT2D eigenvalue weighted by Gasteiger charge is 2.31. The van der Waals surface area contributed by atoms with Crippen molar-refractivity contribution in [3.63, 3.8) is 0 Å². The van der Waals surface area contributed by atoms with E-state index in [1.807, 2.05) is 13.0 Å². The van der Waals surface area contributed by atoms with E-state index in [-0.39, 0.29) is 22.1 Å². The highest BCUT2D eigenvalue weighted by molar-refractivity contribution is 7.15. The van der Waals surface area contributed by atoms with Gasteiger partial charge in [-0.3, -0.25) is 10.1 Å². The quantitative estimate of drug-likeness (QED) is 0.308. The number of nitrogens with one attached hydrogen (secondary N) is 1. The van der Waals surface area contributed by atoms with E-state index >= 15 is 0 Å². The van der Waals surface area contributed by atoms with Gasteiger partial charge < -0.3 is 4.74 Å². The summed E-state index contributed by atoms with van der Waals surface area (Å²) in [6.45, 7) is 2.39. The lowest BCUT2D eigenvalue weighted by atomic mass is 10.1. The normalized spacial score (nSPS) is 11.7. The van der Waals surface area contributed by atoms with Crippen LogP contribution in [0.1, 0.15) is 28.5 Å². The monoisotopic (exact) mass is 491 g/mol. The number of carbonyl (C=O) groups excluding carboxylic acids is 1. The molecule has 3 rings (SSSR count). The lowest BCUT2D eigenvalue weighted by Gasteiger charge is -2.09. The minimum absolute atomic E-state index is 0.115. The van der Waals surface area contributed by atoms with Crippen molar-refractivity contribution in [1.82, 2.24) is 4.98 Å². The number of hydrogen-bond donors (Lipinski definition) is 1. The van der Waals surface area contributed by atoms with Crippen LogP contribution in [-0.2, 0) is 17.4 Å². The minimum Gasteiger partial charge on any atom is -0.494 e. The van der Waals surface area contributed by atoms with Gasteiger partial charge in [-0.2, -0.15) is 18.4 Å². The molecule has 0 atom stereocenters. The van der Waals surface area contributed by atoms with Gasteiger partial charge in [-0.25, -0.2) is 4.98 Å². The van der Waals surface area contributed by atoms with Crippen LogP contribution in [0.15, 0.2) is 54.2 Å². The predicted molar refractivity (Wildman–Crippen MR) is 121 cm³/mol. The Hall–Kier alpha value is -3.35. The maximum Gasteiger partial charge on any atom is 0.416 e. The van der Waals surface area contributed by atoms with Crippen LogP contribution in [0, 0.1) is 11.3 Å². The Kier molecular flexibility index (Phi) is 7.74. The molecule has 0 aliphatic carbocycles. The van der Waals surface area contributed by atoms with E-state index in [0.717, 1.165) is 23.5 Å². The Morgan fingerprint density at radius 2 is 2.00 bits per heavy atom. The second-order valence-electron chi connectivity index (χ2n) is 6.74. The Morgan fingerprint density at radius 3 is 2.64 bits per heavy atom. The van der Waals surface area contributed by atoms with Crippen molar-refractivity contribution in [2.75, 3.05) is 11.9 Å². The van der Waals surface area contributed by atoms with E-state index in [0.29, 0.717) is 28.4 Å². The van der Waals surface area contributed by atoms with Gasteiger partial charge in [-0.15, -0.1) is 11.3 Å². The van der Waals surface area contributed by atoms with Crippen molar-refractivity contribution in [1.29, 1.82) is 5.26 Å². The molecule has 0 saturated carbocycles. The fraction of sp³-hybridized carbons (Fsp3) is 0.174. The van der Waals surface area contributed by atoms with Crippen LogP contribution in [-0.4, -0.2) is 17.5 Å². The molecule has 1 aromatic heterocycles. The van der Waals surface area contributed by atoms with Crippen molar-refractivity contribution in [3.05, 3.63) is 80.8 Å². The number of hydrogen-bond acceptors (Lipinski definition) is 5. The standard InChI is InChI=1S/C23H17ClF3N3O2S/c1-2-32-18-6-3-14(4-7-18)9-16(12-28)21(31)30-22-29-13-19(33-22)11-15-10-17(23(25,26)27)5-8-20(15)24/h3-10,13H,2,11H2,1H3,(H,29,30,31). The van der Waals surface area contributed by atoms with Gasteiger partial charge >= 0.3 is 6.18 Å². The molecule has 0 aliphatic heterocycles. The van der Waals surface area contributed by atoms with Gasteiger partial charge in [0.15, 0.2) is 5.13 Å². The summed E-state index contributed by atoms with van der Waals surface area (Å²) in [4.78, 5) is 17.2. The number of aromatic nitrogens is 1. The molecule has 10 heteroatoms. The minimum atomic E-state index is -4.48. The Morgan fingerprint density at radius 1 is 1.27 bits per heavy atom. The zero-order chi connectivity index (χ0) is 24.0. The summed E-state index contributed by atoms with van der Waals surface area (Å²) in [5.74, 6) is 0.0261. The molecule has 0 fully saturated rings. The Balaban J connectivity index is 1.71. The molecule has 0 saturated heterocycles. The number of thiazole rings is 1. The number of amides is 1. The molecule has 1 heterocycles. The molecule has 33 heavy (non-hydrogen) atoms. The number of nitriles is 1. The lowest BCUT2D eigenvalue weighted by Crippen LogP contribution is -2.13. The van der Waals surface area contributed by atoms with Gasteiger partial charge in [0.1, 0.15) is 17.4 Å². The number of alkyl halides is 3. The van der Waals surface area contributed by atoms with Crippen molar-refractivity contribution < 1.29 is 22.7 Å². The number of ether oxygens (including phenoxy) is 1. The van der Waals surface area contributed by atoms with Crippen LogP contribution in [0.2, 0.25) is 5.02 Å². The molecule has 170 valence electrons. The van der Waals surface area contributed by atoms with Gasteiger partial charge in [-0.1, -0.05) is 23.7 Å². The summed E-state index contributed by atoms with van der Waals surface area (Å²) < 4.78 is 44.3. The van der Waals surface area contributed by atoms with Crippen LogP contribution in [0.5, 0.6) is 5.75 Å². The first-order valence-corrected chi connectivity index (χ1v) is 10.9. The number of anilines is 1. The van der Waals surface area contributed by atoms with Gasteiger partial charge in [0.25, 0.3) is 5.91 Å². The largest absolute Gasteiger partial charge is 0.494 e. The average molecular weight is 492 g/mol.